The second kappa shape index (κ2) is 10.6. The van der Waals surface area contributed by atoms with Gasteiger partial charge >= 0.3 is 0 Å². The SMILES string of the molecule is Cc1ccc(SN2CCOc3cc4c(cc3OCC2)N=CN=C(Nc2cccc(Br)c2)C4)cc1. The number of nitrogens with zero attached hydrogens (tertiary/aromatic N) is 3. The summed E-state index contributed by atoms with van der Waals surface area (Å²) in [5, 5.41) is 3.39. The van der Waals surface area contributed by atoms with Crippen LogP contribution in [0.2, 0.25) is 0 Å². The fraction of sp³-hybridized carbons (Fsp3) is 0.231. The van der Waals surface area contributed by atoms with Crippen LogP contribution in [-0.2, 0) is 6.42 Å². The van der Waals surface area contributed by atoms with Gasteiger partial charge in [-0.05, 0) is 60.8 Å². The Hall–Kier alpha value is -2.81. The first kappa shape index (κ1) is 23.0. The maximum atomic E-state index is 6.17. The Morgan fingerprint density at radius 2 is 1.74 bits per heavy atom. The third-order valence-electron chi connectivity index (χ3n) is 5.48. The van der Waals surface area contributed by atoms with Gasteiger partial charge in [0.1, 0.15) is 25.4 Å². The van der Waals surface area contributed by atoms with Gasteiger partial charge in [0.25, 0.3) is 0 Å². The van der Waals surface area contributed by atoms with Crippen molar-refractivity contribution >= 4 is 51.4 Å². The smallest absolute Gasteiger partial charge is 0.163 e. The third-order valence-corrected chi connectivity index (χ3v) is 7.08. The van der Waals surface area contributed by atoms with Crippen LogP contribution in [0.4, 0.5) is 11.4 Å². The van der Waals surface area contributed by atoms with Crippen molar-refractivity contribution in [2.24, 2.45) is 9.98 Å². The highest BCUT2D eigenvalue weighted by molar-refractivity contribution is 9.10. The highest BCUT2D eigenvalue weighted by atomic mass is 79.9. The summed E-state index contributed by atoms with van der Waals surface area (Å²) in [5.74, 6) is 2.30. The Bertz CT molecular complexity index is 1230. The molecule has 0 saturated carbocycles. The van der Waals surface area contributed by atoms with Crippen LogP contribution in [0, 0.1) is 6.92 Å². The summed E-state index contributed by atoms with van der Waals surface area (Å²) in [5.41, 5.74) is 4.13. The lowest BCUT2D eigenvalue weighted by molar-refractivity contribution is 0.284. The number of fused-ring (bicyclic) bond motifs is 2. The van der Waals surface area contributed by atoms with Crippen molar-refractivity contribution in [3.63, 3.8) is 0 Å². The fourth-order valence-corrected chi connectivity index (χ4v) is 5.03. The highest BCUT2D eigenvalue weighted by Gasteiger charge is 2.18. The van der Waals surface area contributed by atoms with Crippen molar-refractivity contribution in [1.82, 2.24) is 4.31 Å². The Labute approximate surface area is 212 Å². The van der Waals surface area contributed by atoms with E-state index in [9.17, 15) is 0 Å². The zero-order chi connectivity index (χ0) is 23.3. The molecule has 2 aliphatic rings. The number of halogens is 1. The topological polar surface area (TPSA) is 58.5 Å². The molecular formula is C26H25BrN4O2S. The number of amidine groups is 1. The van der Waals surface area contributed by atoms with Crippen molar-refractivity contribution in [2.45, 2.75) is 18.2 Å². The first-order valence-corrected chi connectivity index (χ1v) is 12.7. The number of hydrogen-bond donors (Lipinski definition) is 1. The van der Waals surface area contributed by atoms with Gasteiger partial charge in [-0.1, -0.05) is 39.7 Å². The molecule has 0 saturated heterocycles. The number of nitrogens with one attached hydrogen (secondary N) is 1. The number of benzene rings is 3. The summed E-state index contributed by atoms with van der Waals surface area (Å²) in [4.78, 5) is 10.3. The molecule has 2 heterocycles. The number of hydrogen-bond acceptors (Lipinski definition) is 7. The Morgan fingerprint density at radius 3 is 2.50 bits per heavy atom. The molecule has 0 radical (unpaired) electrons. The number of aryl methyl sites for hydroxylation is 1. The summed E-state index contributed by atoms with van der Waals surface area (Å²) in [6.45, 7) is 4.85. The Balaban J connectivity index is 1.28. The molecule has 0 fully saturated rings. The molecule has 0 bridgehead atoms. The third kappa shape index (κ3) is 5.81. The van der Waals surface area contributed by atoms with Crippen molar-refractivity contribution in [3.8, 4) is 11.5 Å². The molecule has 174 valence electrons. The number of ether oxygens (including phenoxy) is 2. The van der Waals surface area contributed by atoms with E-state index in [1.807, 2.05) is 36.4 Å². The monoisotopic (exact) mass is 536 g/mol. The van der Waals surface area contributed by atoms with E-state index < -0.39 is 0 Å². The first-order chi connectivity index (χ1) is 16.6. The summed E-state index contributed by atoms with van der Waals surface area (Å²) in [7, 11) is 0. The van der Waals surface area contributed by atoms with Crippen molar-refractivity contribution in [2.75, 3.05) is 31.6 Å². The van der Waals surface area contributed by atoms with Crippen LogP contribution < -0.4 is 14.8 Å². The number of anilines is 1. The Morgan fingerprint density at radius 1 is 0.971 bits per heavy atom. The predicted octanol–water partition coefficient (Wildman–Crippen LogP) is 6.26. The molecule has 0 amide bonds. The van der Waals surface area contributed by atoms with Crippen molar-refractivity contribution in [1.29, 1.82) is 0 Å². The first-order valence-electron chi connectivity index (χ1n) is 11.2. The molecule has 6 nitrogen and oxygen atoms in total. The number of rotatable bonds is 3. The minimum Gasteiger partial charge on any atom is -0.488 e. The average molecular weight is 537 g/mol. The molecule has 3 aromatic rings. The van der Waals surface area contributed by atoms with E-state index in [0.717, 1.165) is 51.8 Å². The highest BCUT2D eigenvalue weighted by Crippen LogP contribution is 2.37. The Kier molecular flexibility index (Phi) is 7.18. The van der Waals surface area contributed by atoms with Crippen LogP contribution in [-0.4, -0.2) is 42.8 Å². The normalized spacial score (nSPS) is 15.9. The van der Waals surface area contributed by atoms with Crippen LogP contribution in [0.25, 0.3) is 0 Å². The van der Waals surface area contributed by atoms with Gasteiger partial charge in [-0.25, -0.2) is 14.3 Å². The van der Waals surface area contributed by atoms with E-state index in [0.29, 0.717) is 19.6 Å². The van der Waals surface area contributed by atoms with Crippen LogP contribution in [0.3, 0.4) is 0 Å². The van der Waals surface area contributed by atoms with Crippen LogP contribution >= 0.6 is 27.9 Å². The van der Waals surface area contributed by atoms with Crippen LogP contribution in [0.1, 0.15) is 11.1 Å². The lowest BCUT2D eigenvalue weighted by Gasteiger charge is -2.19. The predicted molar refractivity (Wildman–Crippen MR) is 143 cm³/mol. The lowest BCUT2D eigenvalue weighted by Crippen LogP contribution is -2.25. The molecule has 2 aliphatic heterocycles. The van der Waals surface area contributed by atoms with Crippen LogP contribution in [0.15, 0.2) is 80.0 Å². The molecule has 5 rings (SSSR count). The lowest BCUT2D eigenvalue weighted by atomic mass is 10.1. The van der Waals surface area contributed by atoms with E-state index in [4.69, 9.17) is 9.47 Å². The molecular weight excluding hydrogens is 512 g/mol. The van der Waals surface area contributed by atoms with Crippen LogP contribution in [0.5, 0.6) is 11.5 Å². The fourth-order valence-electron chi connectivity index (χ4n) is 3.74. The summed E-state index contributed by atoms with van der Waals surface area (Å²) in [6, 6.07) is 20.6. The largest absolute Gasteiger partial charge is 0.488 e. The number of aliphatic imine (C=N–C) groups is 2. The van der Waals surface area contributed by atoms with Gasteiger partial charge in [0.15, 0.2) is 11.5 Å². The summed E-state index contributed by atoms with van der Waals surface area (Å²) < 4.78 is 15.6. The van der Waals surface area contributed by atoms with E-state index in [2.05, 4.69) is 66.7 Å². The molecule has 8 heteroatoms. The minimum absolute atomic E-state index is 0.573. The standard InChI is InChI=1S/C26H25BrN4O2S/c1-18-5-7-22(8-6-18)34-31-9-11-32-24-13-19-14-26(30-21-4-2-3-20(27)15-21)29-17-28-23(19)16-25(24)33-12-10-31/h2-8,13,15-17H,9-12,14H2,1H3,(H,28,29,30). The average Bonchev–Trinajstić information content (AvgIpc) is 2.95. The van der Waals surface area contributed by atoms with Gasteiger partial charge < -0.3 is 14.8 Å². The maximum absolute atomic E-state index is 6.17. The van der Waals surface area contributed by atoms with E-state index >= 15 is 0 Å². The van der Waals surface area contributed by atoms with Gasteiger partial charge in [0.2, 0.25) is 0 Å². The van der Waals surface area contributed by atoms with Gasteiger partial charge in [-0.3, -0.25) is 0 Å². The summed E-state index contributed by atoms with van der Waals surface area (Å²) in [6.07, 6.45) is 2.21. The molecule has 0 aromatic heterocycles. The zero-order valence-corrected chi connectivity index (χ0v) is 21.2. The zero-order valence-electron chi connectivity index (χ0n) is 18.8. The molecule has 0 atom stereocenters. The summed E-state index contributed by atoms with van der Waals surface area (Å²) >= 11 is 5.25. The molecule has 0 unspecified atom stereocenters. The van der Waals surface area contributed by atoms with Crippen molar-refractivity contribution in [3.05, 3.63) is 76.3 Å². The quantitative estimate of drug-likeness (QED) is 0.400. The second-order valence-corrected chi connectivity index (χ2v) is 10.2. The molecule has 34 heavy (non-hydrogen) atoms. The van der Waals surface area contributed by atoms with Gasteiger partial charge in [-0.2, -0.15) is 0 Å². The van der Waals surface area contributed by atoms with E-state index in [-0.39, 0.29) is 0 Å². The molecule has 0 spiro atoms. The van der Waals surface area contributed by atoms with E-state index in [1.165, 1.54) is 10.5 Å². The maximum Gasteiger partial charge on any atom is 0.163 e. The molecule has 1 N–H and O–H groups in total. The van der Waals surface area contributed by atoms with Gasteiger partial charge in [0.05, 0.1) is 5.69 Å². The minimum atomic E-state index is 0.573. The molecule has 3 aromatic carbocycles. The van der Waals surface area contributed by atoms with Gasteiger partial charge in [0, 0.05) is 40.6 Å². The van der Waals surface area contributed by atoms with E-state index in [1.54, 1.807) is 18.3 Å². The second-order valence-electron chi connectivity index (χ2n) is 8.09. The van der Waals surface area contributed by atoms with Gasteiger partial charge in [-0.15, -0.1) is 0 Å². The van der Waals surface area contributed by atoms with Crippen molar-refractivity contribution < 1.29 is 9.47 Å². The molecule has 0 aliphatic carbocycles.